The van der Waals surface area contributed by atoms with E-state index in [2.05, 4.69) is 224 Å². The fourth-order valence-corrected chi connectivity index (χ4v) is 87.5. The van der Waals surface area contributed by atoms with E-state index in [0.717, 1.165) is 10.3 Å². The topological polar surface area (TPSA) is 0 Å². The van der Waals surface area contributed by atoms with Crippen molar-refractivity contribution in [3.8, 4) is 0 Å². The molecule has 0 aliphatic heterocycles. The van der Waals surface area contributed by atoms with Crippen molar-refractivity contribution in [1.82, 2.24) is 0 Å². The van der Waals surface area contributed by atoms with Crippen LogP contribution in [0.25, 0.3) is 0 Å². The first kappa shape index (κ1) is 54.7. The predicted octanol–water partition coefficient (Wildman–Crippen LogP) is 14.4. The van der Waals surface area contributed by atoms with Gasteiger partial charge in [-0.3, -0.25) is 0 Å². The Kier molecular flexibility index (Phi) is 16.5. The van der Waals surface area contributed by atoms with Gasteiger partial charge in [-0.05, 0) is 0 Å². The van der Waals surface area contributed by atoms with Gasteiger partial charge in [0, 0.05) is 0 Å². The quantitative estimate of drug-likeness (QED) is 0.186. The van der Waals surface area contributed by atoms with E-state index in [1.165, 1.54) is 5.56 Å². The van der Waals surface area contributed by atoms with Gasteiger partial charge in [-0.1, -0.05) is 0 Å². The molecule has 0 radical (unpaired) electrons. The molecule has 0 N–H and O–H groups in total. The molecule has 0 heterocycles. The van der Waals surface area contributed by atoms with Crippen LogP contribution in [-0.2, 0) is 20.5 Å². The van der Waals surface area contributed by atoms with E-state index in [9.17, 15) is 0 Å². The van der Waals surface area contributed by atoms with Crippen LogP contribution in [-0.4, -0.2) is 90.2 Å². The first-order chi connectivity index (χ1) is 24.6. The number of rotatable bonds is 12. The van der Waals surface area contributed by atoms with Gasteiger partial charge in [0.25, 0.3) is 0 Å². The molecular formula is C48H96Sb2Si7. The van der Waals surface area contributed by atoms with Gasteiger partial charge in [-0.25, -0.2) is 0 Å². The van der Waals surface area contributed by atoms with E-state index in [-0.39, 0.29) is 16.2 Å². The maximum absolute atomic E-state index is 3.06. The fraction of sp³-hybridized carbons (Fsp3) is 0.750. The summed E-state index contributed by atoms with van der Waals surface area (Å²) in [5, 5.41) is 1.54. The van der Waals surface area contributed by atoms with E-state index in [1.54, 1.807) is 11.1 Å². The molecule has 57 heavy (non-hydrogen) atoms. The Bertz CT molecular complexity index is 1620. The molecule has 0 saturated heterocycles. The van der Waals surface area contributed by atoms with Crippen LogP contribution in [0.1, 0.15) is 106 Å². The van der Waals surface area contributed by atoms with Gasteiger partial charge in [-0.15, -0.1) is 0 Å². The summed E-state index contributed by atoms with van der Waals surface area (Å²) in [6, 6.07) is 11.5. The third-order valence-electron chi connectivity index (χ3n) is 12.9. The van der Waals surface area contributed by atoms with E-state index < -0.39 is 90.2 Å². The summed E-state index contributed by atoms with van der Waals surface area (Å²) >= 11 is -1.44. The van der Waals surface area contributed by atoms with Crippen molar-refractivity contribution in [1.29, 1.82) is 0 Å². The van der Waals surface area contributed by atoms with E-state index in [4.69, 9.17) is 0 Å². The van der Waals surface area contributed by atoms with Crippen LogP contribution in [0.2, 0.25) is 137 Å². The molecule has 0 aliphatic rings. The molecule has 0 saturated carbocycles. The molecule has 0 unspecified atom stereocenters. The van der Waals surface area contributed by atoms with Crippen LogP contribution < -0.4 is 7.02 Å². The van der Waals surface area contributed by atoms with Gasteiger partial charge >= 0.3 is 386 Å². The Labute approximate surface area is 381 Å². The van der Waals surface area contributed by atoms with Gasteiger partial charge in [0.05, 0.1) is 0 Å². The van der Waals surface area contributed by atoms with Gasteiger partial charge in [0.15, 0.2) is 0 Å². The van der Waals surface area contributed by atoms with Crippen molar-refractivity contribution >= 4 is 97.2 Å². The normalized spacial score (nSPS) is 15.4. The molecule has 326 valence electrons. The van der Waals surface area contributed by atoms with Crippen LogP contribution in [0, 0.1) is 0 Å². The zero-order chi connectivity index (χ0) is 45.5. The Morgan fingerprint density at radius 3 is 0.825 bits per heavy atom. The summed E-state index contributed by atoms with van der Waals surface area (Å²) in [6.45, 7) is 80.5. The standard InChI is InChI=1S/C30H67Si7.C18H29.2Sb/c1-31(2,3)28(32(4,5)6)25-22-26(29(33(7,8)9)34(10,11)12)24-27(23-25)30(35(13,14)15,36(16,17)18)37(19,20)21;1-16(2,3)13-10-14(17(4,5)6)12-15(11-13)18(7,8)9;;/h23-24,28-29H,1-21H3;10-11H,1-9H3;;. The summed E-state index contributed by atoms with van der Waals surface area (Å²) in [7, 11) is -11.7. The molecule has 2 aromatic carbocycles. The third kappa shape index (κ3) is 12.0. The molecule has 0 bridgehead atoms. The molecule has 0 aromatic heterocycles. The minimum absolute atomic E-state index is 0.127. The molecule has 2 rings (SSSR count). The number of hydrogen-bond acceptors (Lipinski definition) is 0. The Balaban J connectivity index is 3.73. The second kappa shape index (κ2) is 17.2. The molecule has 0 amide bonds. The molecule has 0 nitrogen and oxygen atoms in total. The average Bonchev–Trinajstić information content (AvgIpc) is 2.85. The van der Waals surface area contributed by atoms with Crippen molar-refractivity contribution < 1.29 is 0 Å². The second-order valence-corrected chi connectivity index (χ2v) is 79.7. The molecule has 2 aromatic rings. The molecule has 9 heteroatoms. The second-order valence-electron chi connectivity index (χ2n) is 28.7. The van der Waals surface area contributed by atoms with E-state index in [1.807, 2.05) is 23.7 Å². The molecule has 0 spiro atoms. The van der Waals surface area contributed by atoms with Gasteiger partial charge in [0.2, 0.25) is 0 Å². The number of hydrogen-bond donors (Lipinski definition) is 0. The van der Waals surface area contributed by atoms with Crippen LogP contribution >= 0.6 is 0 Å². The summed E-state index contributed by atoms with van der Waals surface area (Å²) < 4.78 is 4.26. The van der Waals surface area contributed by atoms with Crippen LogP contribution in [0.4, 0.5) is 0 Å². The molecule has 0 atom stereocenters. The first-order valence-electron chi connectivity index (χ1n) is 22.4. The summed E-state index contributed by atoms with van der Waals surface area (Å²) in [5.41, 5.74) is 11.0. The monoisotopic (exact) mass is 1110 g/mol. The Morgan fingerprint density at radius 1 is 0.351 bits per heavy atom. The summed E-state index contributed by atoms with van der Waals surface area (Å²) in [5.74, 6) is 0. The fourth-order valence-electron chi connectivity index (χ4n) is 13.0. The first-order valence-corrected chi connectivity index (χ1v) is 58.6. The zero-order valence-corrected chi connectivity index (χ0v) is 56.0. The third-order valence-corrected chi connectivity index (χ3v) is 66.4. The molecule has 0 aliphatic carbocycles. The summed E-state index contributed by atoms with van der Waals surface area (Å²) in [6.07, 6.45) is 0. The van der Waals surface area contributed by atoms with Crippen molar-refractivity contribution in [2.45, 2.75) is 231 Å². The predicted molar refractivity (Wildman–Crippen MR) is 290 cm³/mol. The SMILES string of the molecule is CC(C)(C)c1cc(C(C)(C)C)[c]([Sb]=[Sb][c]2c(C([Si](C)(C)C)[Si](C)(C)C)cc(C([Si](C)(C)C)([Si](C)(C)C)[Si](C)(C)C)cc2C([Si](C)(C)C)[Si](C)(C)C)c(C(C)(C)C)c1. The van der Waals surface area contributed by atoms with Crippen molar-refractivity contribution in [3.05, 3.63) is 57.6 Å². The number of benzene rings is 2. The zero-order valence-electron chi connectivity index (χ0n) is 43.9. The van der Waals surface area contributed by atoms with E-state index in [0.29, 0.717) is 4.28 Å². The summed E-state index contributed by atoms with van der Waals surface area (Å²) in [4.78, 5) is 0. The molecular weight excluding hydrogens is 1020 g/mol. The van der Waals surface area contributed by atoms with Gasteiger partial charge in [-0.2, -0.15) is 0 Å². The van der Waals surface area contributed by atoms with Crippen molar-refractivity contribution in [3.63, 3.8) is 0 Å². The Hall–Kier alpha value is 1.59. The minimum atomic E-state index is -1.72. The van der Waals surface area contributed by atoms with Crippen LogP contribution in [0.5, 0.6) is 0 Å². The molecule has 0 fully saturated rings. The van der Waals surface area contributed by atoms with Crippen molar-refractivity contribution in [2.75, 3.05) is 0 Å². The Morgan fingerprint density at radius 2 is 0.614 bits per heavy atom. The van der Waals surface area contributed by atoms with Gasteiger partial charge < -0.3 is 0 Å². The van der Waals surface area contributed by atoms with Crippen LogP contribution in [0.15, 0.2) is 24.3 Å². The van der Waals surface area contributed by atoms with Gasteiger partial charge in [0.1, 0.15) is 0 Å². The average molecular weight is 1110 g/mol. The van der Waals surface area contributed by atoms with Crippen LogP contribution in [0.3, 0.4) is 0 Å². The van der Waals surface area contributed by atoms with Crippen molar-refractivity contribution in [2.24, 2.45) is 0 Å². The van der Waals surface area contributed by atoms with E-state index >= 15 is 0 Å². The maximum atomic E-state index is 3.06.